The van der Waals surface area contributed by atoms with E-state index in [1.54, 1.807) is 0 Å². The molecule has 2 N–H and O–H groups in total. The zero-order valence-corrected chi connectivity index (χ0v) is 8.34. The van der Waals surface area contributed by atoms with Crippen LogP contribution in [0.4, 0.5) is 14.5 Å². The fraction of sp³-hybridized carbons (Fsp3) is 0.300. The van der Waals surface area contributed by atoms with E-state index < -0.39 is 29.3 Å². The molecule has 3 nitrogen and oxygen atoms in total. The molecule has 0 heterocycles. The Labute approximate surface area is 85.7 Å². The molecule has 1 unspecified atom stereocenters. The molecule has 0 amide bonds. The van der Waals surface area contributed by atoms with Crippen LogP contribution < -0.4 is 5.32 Å². The van der Waals surface area contributed by atoms with Gasteiger partial charge in [0.15, 0.2) is 5.82 Å². The van der Waals surface area contributed by atoms with E-state index in [2.05, 4.69) is 5.32 Å². The van der Waals surface area contributed by atoms with Crippen molar-refractivity contribution in [3.8, 4) is 0 Å². The molecule has 1 aromatic carbocycles. The maximum Gasteiger partial charge on any atom is 0.325 e. The first-order chi connectivity index (χ1) is 6.93. The minimum atomic E-state index is -1.17. The van der Waals surface area contributed by atoms with Crippen LogP contribution in [0.25, 0.3) is 0 Å². The summed E-state index contributed by atoms with van der Waals surface area (Å²) in [5.74, 6) is -2.73. The predicted molar refractivity (Wildman–Crippen MR) is 51.8 cm³/mol. The topological polar surface area (TPSA) is 49.3 Å². The van der Waals surface area contributed by atoms with Crippen molar-refractivity contribution in [1.82, 2.24) is 0 Å². The lowest BCUT2D eigenvalue weighted by atomic mass is 10.2. The minimum Gasteiger partial charge on any atom is -0.480 e. The normalized spacial score (nSPS) is 12.3. The van der Waals surface area contributed by atoms with E-state index >= 15 is 0 Å². The molecule has 0 saturated heterocycles. The summed E-state index contributed by atoms with van der Waals surface area (Å²) >= 11 is 0. The Morgan fingerprint density at radius 2 is 2.07 bits per heavy atom. The van der Waals surface area contributed by atoms with Crippen LogP contribution in [-0.2, 0) is 4.79 Å². The van der Waals surface area contributed by atoms with Gasteiger partial charge in [-0.15, -0.1) is 0 Å². The molecule has 0 aliphatic heterocycles. The third-order valence-corrected chi connectivity index (χ3v) is 2.02. The first-order valence-corrected chi connectivity index (χ1v) is 4.37. The molecule has 1 aromatic rings. The molecule has 82 valence electrons. The van der Waals surface area contributed by atoms with Crippen molar-refractivity contribution >= 4 is 11.7 Å². The highest BCUT2D eigenvalue weighted by molar-refractivity contribution is 5.76. The summed E-state index contributed by atoms with van der Waals surface area (Å²) in [4.78, 5) is 10.5. The predicted octanol–water partition coefficient (Wildman–Crippen LogP) is 2.16. The Morgan fingerprint density at radius 1 is 1.47 bits per heavy atom. The maximum absolute atomic E-state index is 13.4. The second-order valence-corrected chi connectivity index (χ2v) is 3.26. The van der Waals surface area contributed by atoms with E-state index in [0.717, 1.165) is 6.07 Å². The van der Waals surface area contributed by atoms with Gasteiger partial charge in [0.25, 0.3) is 0 Å². The van der Waals surface area contributed by atoms with Crippen LogP contribution >= 0.6 is 0 Å². The third-order valence-electron chi connectivity index (χ3n) is 2.02. The van der Waals surface area contributed by atoms with Gasteiger partial charge in [-0.2, -0.15) is 0 Å². The number of aryl methyl sites for hydroxylation is 1. The summed E-state index contributed by atoms with van der Waals surface area (Å²) in [6.45, 7) is 2.79. The number of anilines is 1. The molecule has 0 saturated carbocycles. The molecule has 0 bridgehead atoms. The average molecular weight is 215 g/mol. The Kier molecular flexibility index (Phi) is 3.24. The zero-order valence-electron chi connectivity index (χ0n) is 8.34. The number of hydrogen-bond donors (Lipinski definition) is 2. The quantitative estimate of drug-likeness (QED) is 0.812. The van der Waals surface area contributed by atoms with Gasteiger partial charge >= 0.3 is 5.97 Å². The van der Waals surface area contributed by atoms with Gasteiger partial charge in [-0.1, -0.05) is 6.07 Å². The molecule has 0 radical (unpaired) electrons. The largest absolute Gasteiger partial charge is 0.480 e. The summed E-state index contributed by atoms with van der Waals surface area (Å²) < 4.78 is 26.5. The molecular weight excluding hydrogens is 204 g/mol. The van der Waals surface area contributed by atoms with Crippen LogP contribution in [0.5, 0.6) is 0 Å². The molecule has 0 fully saturated rings. The monoisotopic (exact) mass is 215 g/mol. The van der Waals surface area contributed by atoms with Crippen LogP contribution in [0.1, 0.15) is 12.5 Å². The first kappa shape index (κ1) is 11.4. The van der Waals surface area contributed by atoms with Gasteiger partial charge in [-0.3, -0.25) is 4.79 Å². The van der Waals surface area contributed by atoms with Gasteiger partial charge in [0.05, 0.1) is 0 Å². The summed E-state index contributed by atoms with van der Waals surface area (Å²) in [6.07, 6.45) is 0. The van der Waals surface area contributed by atoms with Crippen molar-refractivity contribution in [3.05, 3.63) is 29.3 Å². The molecule has 0 spiro atoms. The smallest absolute Gasteiger partial charge is 0.325 e. The van der Waals surface area contributed by atoms with Crippen LogP contribution in [0.15, 0.2) is 12.1 Å². The van der Waals surface area contributed by atoms with E-state index in [9.17, 15) is 13.6 Å². The van der Waals surface area contributed by atoms with Gasteiger partial charge in [-0.05, 0) is 25.5 Å². The average Bonchev–Trinajstić information content (AvgIpc) is 2.18. The van der Waals surface area contributed by atoms with Crippen LogP contribution in [-0.4, -0.2) is 17.1 Å². The molecule has 5 heteroatoms. The minimum absolute atomic E-state index is 0.261. The van der Waals surface area contributed by atoms with Crippen LogP contribution in [0.2, 0.25) is 0 Å². The van der Waals surface area contributed by atoms with Gasteiger partial charge in [0.2, 0.25) is 0 Å². The standard InChI is InChI=1S/C10H11F2NO2/c1-5-3-4-7(11)9(8(5)12)13-6(2)10(14)15/h3-4,6,13H,1-2H3,(H,14,15). The number of nitrogens with one attached hydrogen (secondary N) is 1. The molecule has 15 heavy (non-hydrogen) atoms. The Hall–Kier alpha value is -1.65. The summed E-state index contributed by atoms with van der Waals surface area (Å²) in [7, 11) is 0. The highest BCUT2D eigenvalue weighted by Crippen LogP contribution is 2.22. The molecule has 1 rings (SSSR count). The highest BCUT2D eigenvalue weighted by Gasteiger charge is 2.17. The van der Waals surface area contributed by atoms with Gasteiger partial charge in [0.1, 0.15) is 17.5 Å². The third kappa shape index (κ3) is 2.43. The number of carboxylic acids is 1. The van der Waals surface area contributed by atoms with Crippen molar-refractivity contribution < 1.29 is 18.7 Å². The van der Waals surface area contributed by atoms with Crippen molar-refractivity contribution in [3.63, 3.8) is 0 Å². The second-order valence-electron chi connectivity index (χ2n) is 3.26. The van der Waals surface area contributed by atoms with Crippen LogP contribution in [0, 0.1) is 18.6 Å². The van der Waals surface area contributed by atoms with Gasteiger partial charge in [-0.25, -0.2) is 8.78 Å². The molecule has 0 aliphatic rings. The van der Waals surface area contributed by atoms with Crippen molar-refractivity contribution in [1.29, 1.82) is 0 Å². The number of carbonyl (C=O) groups is 1. The fourth-order valence-corrected chi connectivity index (χ4v) is 1.07. The van der Waals surface area contributed by atoms with Crippen molar-refractivity contribution in [2.75, 3.05) is 5.32 Å². The number of benzene rings is 1. The van der Waals surface area contributed by atoms with Crippen molar-refractivity contribution in [2.24, 2.45) is 0 Å². The Morgan fingerprint density at radius 3 is 2.60 bits per heavy atom. The summed E-state index contributed by atoms with van der Waals surface area (Å²) in [6, 6.07) is 1.34. The van der Waals surface area contributed by atoms with E-state index in [-0.39, 0.29) is 5.56 Å². The number of hydrogen-bond acceptors (Lipinski definition) is 2. The number of carboxylic acid groups (broad SMARTS) is 1. The lowest BCUT2D eigenvalue weighted by Crippen LogP contribution is -2.26. The highest BCUT2D eigenvalue weighted by atomic mass is 19.1. The number of rotatable bonds is 3. The molecule has 0 aromatic heterocycles. The number of halogens is 2. The SMILES string of the molecule is Cc1ccc(F)c(NC(C)C(=O)O)c1F. The zero-order chi connectivity index (χ0) is 11.6. The Balaban J connectivity index is 3.03. The first-order valence-electron chi connectivity index (χ1n) is 4.37. The molecule has 1 atom stereocenters. The van der Waals surface area contributed by atoms with E-state index in [4.69, 9.17) is 5.11 Å². The van der Waals surface area contributed by atoms with E-state index in [1.807, 2.05) is 0 Å². The molecular formula is C10H11F2NO2. The number of aliphatic carboxylic acids is 1. The fourth-order valence-electron chi connectivity index (χ4n) is 1.07. The van der Waals surface area contributed by atoms with Crippen LogP contribution in [0.3, 0.4) is 0 Å². The summed E-state index contributed by atoms with van der Waals surface area (Å²) in [5, 5.41) is 10.9. The van der Waals surface area contributed by atoms with Crippen molar-refractivity contribution in [2.45, 2.75) is 19.9 Å². The van der Waals surface area contributed by atoms with E-state index in [0.29, 0.717) is 0 Å². The van der Waals surface area contributed by atoms with Gasteiger partial charge < -0.3 is 10.4 Å². The van der Waals surface area contributed by atoms with E-state index in [1.165, 1.54) is 19.9 Å². The maximum atomic E-state index is 13.4. The van der Waals surface area contributed by atoms with Gasteiger partial charge in [0, 0.05) is 0 Å². The Bertz CT molecular complexity index is 393. The summed E-state index contributed by atoms with van der Waals surface area (Å²) in [5.41, 5.74) is -0.138. The lowest BCUT2D eigenvalue weighted by molar-refractivity contribution is -0.137. The second kappa shape index (κ2) is 4.25. The lowest BCUT2D eigenvalue weighted by Gasteiger charge is -2.13. The molecule has 0 aliphatic carbocycles.